The molecule has 94 valence electrons. The molecular formula is C10H10ClN5O2. The van der Waals surface area contributed by atoms with Gasteiger partial charge in [-0.2, -0.15) is 4.98 Å². The first-order valence-corrected chi connectivity index (χ1v) is 5.27. The number of rotatable bonds is 3. The van der Waals surface area contributed by atoms with Gasteiger partial charge in [-0.05, 0) is 12.1 Å². The van der Waals surface area contributed by atoms with Gasteiger partial charge in [-0.3, -0.25) is 9.48 Å². The highest BCUT2D eigenvalue weighted by atomic mass is 35.5. The Morgan fingerprint density at radius 1 is 1.50 bits per heavy atom. The third-order valence-electron chi connectivity index (χ3n) is 2.10. The number of halogens is 1. The normalized spacial score (nSPS) is 10.3. The van der Waals surface area contributed by atoms with E-state index in [1.165, 1.54) is 23.1 Å². The molecule has 4 N–H and O–H groups in total. The summed E-state index contributed by atoms with van der Waals surface area (Å²) in [5, 5.41) is 4.07. The lowest BCUT2D eigenvalue weighted by Gasteiger charge is -2.09. The molecule has 0 fully saturated rings. The molecule has 7 nitrogen and oxygen atoms in total. The largest absolute Gasteiger partial charge is 0.421 e. The third kappa shape index (κ3) is 2.35. The Balaban J connectivity index is 2.46. The molecule has 1 aromatic heterocycles. The molecule has 0 unspecified atom stereocenters. The number of benzene rings is 1. The number of aromatic nitrogens is 3. The first-order valence-electron chi connectivity index (χ1n) is 4.89. The van der Waals surface area contributed by atoms with E-state index in [4.69, 9.17) is 27.8 Å². The van der Waals surface area contributed by atoms with Gasteiger partial charge in [0.15, 0.2) is 5.75 Å². The van der Waals surface area contributed by atoms with Gasteiger partial charge in [0.2, 0.25) is 0 Å². The summed E-state index contributed by atoms with van der Waals surface area (Å²) in [4.78, 5) is 15.2. The van der Waals surface area contributed by atoms with Crippen molar-refractivity contribution in [3.63, 3.8) is 0 Å². The zero-order valence-corrected chi connectivity index (χ0v) is 10.2. The summed E-state index contributed by atoms with van der Waals surface area (Å²) in [6, 6.07) is 2.89. The van der Waals surface area contributed by atoms with Crippen LogP contribution in [-0.4, -0.2) is 20.7 Å². The van der Waals surface area contributed by atoms with Gasteiger partial charge in [-0.25, -0.2) is 0 Å². The van der Waals surface area contributed by atoms with Crippen molar-refractivity contribution in [1.29, 1.82) is 0 Å². The molecular weight excluding hydrogens is 258 g/mol. The number of hydrogen-bond donors (Lipinski definition) is 2. The molecule has 0 aliphatic carbocycles. The van der Waals surface area contributed by atoms with E-state index in [-0.39, 0.29) is 22.3 Å². The van der Waals surface area contributed by atoms with Crippen molar-refractivity contribution in [1.82, 2.24) is 14.8 Å². The van der Waals surface area contributed by atoms with Gasteiger partial charge in [-0.15, -0.1) is 5.10 Å². The van der Waals surface area contributed by atoms with Crippen LogP contribution in [0.5, 0.6) is 11.8 Å². The predicted molar refractivity (Wildman–Crippen MR) is 65.5 cm³/mol. The van der Waals surface area contributed by atoms with Gasteiger partial charge < -0.3 is 16.2 Å². The Hall–Kier alpha value is -2.28. The maximum Gasteiger partial charge on any atom is 0.341 e. The van der Waals surface area contributed by atoms with E-state index < -0.39 is 5.91 Å². The van der Waals surface area contributed by atoms with Crippen LogP contribution >= 0.6 is 11.6 Å². The lowest BCUT2D eigenvalue weighted by molar-refractivity contribution is 0.0998. The van der Waals surface area contributed by atoms with Gasteiger partial charge in [0.1, 0.15) is 6.33 Å². The zero-order chi connectivity index (χ0) is 13.3. The second-order valence-electron chi connectivity index (χ2n) is 3.55. The van der Waals surface area contributed by atoms with Crippen LogP contribution in [-0.2, 0) is 7.05 Å². The van der Waals surface area contributed by atoms with E-state index in [2.05, 4.69) is 10.1 Å². The van der Waals surface area contributed by atoms with Crippen LogP contribution in [0, 0.1) is 0 Å². The van der Waals surface area contributed by atoms with Crippen LogP contribution < -0.4 is 16.2 Å². The number of nitrogens with two attached hydrogens (primary N) is 2. The van der Waals surface area contributed by atoms with Crippen LogP contribution in [0.15, 0.2) is 18.5 Å². The number of nitrogens with zero attached hydrogens (tertiary/aromatic N) is 3. The van der Waals surface area contributed by atoms with Crippen molar-refractivity contribution >= 4 is 23.2 Å². The van der Waals surface area contributed by atoms with Crippen molar-refractivity contribution in [2.24, 2.45) is 12.8 Å². The number of primary amides is 1. The van der Waals surface area contributed by atoms with Crippen molar-refractivity contribution in [3.8, 4) is 11.8 Å². The quantitative estimate of drug-likeness (QED) is 0.805. The summed E-state index contributed by atoms with van der Waals surface area (Å²) >= 11 is 5.96. The Morgan fingerprint density at radius 3 is 2.78 bits per heavy atom. The fraction of sp³-hybridized carbons (Fsp3) is 0.100. The van der Waals surface area contributed by atoms with Gasteiger partial charge in [0, 0.05) is 12.7 Å². The topological polar surface area (TPSA) is 109 Å². The number of nitrogen functional groups attached to an aromatic ring is 1. The number of amides is 1. The SMILES string of the molecule is Cn1cnc(Oc2c(Cl)cc(N)cc2C(N)=O)n1. The van der Waals surface area contributed by atoms with Gasteiger partial charge in [0.05, 0.1) is 10.6 Å². The molecule has 0 aliphatic heterocycles. The zero-order valence-electron chi connectivity index (χ0n) is 9.42. The summed E-state index contributed by atoms with van der Waals surface area (Å²) in [6.07, 6.45) is 1.45. The van der Waals surface area contributed by atoms with Gasteiger partial charge in [0.25, 0.3) is 5.91 Å². The average molecular weight is 268 g/mol. The minimum Gasteiger partial charge on any atom is -0.421 e. The summed E-state index contributed by atoms with van der Waals surface area (Å²) in [5.74, 6) is -0.611. The van der Waals surface area contributed by atoms with E-state index in [9.17, 15) is 4.79 Å². The molecule has 1 amide bonds. The van der Waals surface area contributed by atoms with Crippen molar-refractivity contribution in [3.05, 3.63) is 29.0 Å². The highest BCUT2D eigenvalue weighted by molar-refractivity contribution is 6.33. The maximum absolute atomic E-state index is 11.3. The minimum absolute atomic E-state index is 0.0617. The molecule has 0 saturated heterocycles. The van der Waals surface area contributed by atoms with Crippen LogP contribution in [0.2, 0.25) is 5.02 Å². The van der Waals surface area contributed by atoms with E-state index in [0.29, 0.717) is 5.69 Å². The van der Waals surface area contributed by atoms with Gasteiger partial charge >= 0.3 is 6.01 Å². The fourth-order valence-corrected chi connectivity index (χ4v) is 1.63. The monoisotopic (exact) mass is 267 g/mol. The first-order chi connectivity index (χ1) is 8.47. The number of aryl methyl sites for hydroxylation is 1. The summed E-state index contributed by atoms with van der Waals surface area (Å²) in [6.45, 7) is 0. The molecule has 0 spiro atoms. The molecule has 0 aliphatic rings. The Bertz CT molecular complexity index is 610. The second-order valence-corrected chi connectivity index (χ2v) is 3.95. The van der Waals surface area contributed by atoms with E-state index in [1.807, 2.05) is 0 Å². The van der Waals surface area contributed by atoms with Crippen LogP contribution in [0.4, 0.5) is 5.69 Å². The average Bonchev–Trinajstić information content (AvgIpc) is 2.67. The van der Waals surface area contributed by atoms with Crippen molar-refractivity contribution < 1.29 is 9.53 Å². The Kier molecular flexibility index (Phi) is 3.07. The predicted octanol–water partition coefficient (Wildman–Crippen LogP) is 0.942. The molecule has 0 radical (unpaired) electrons. The highest BCUT2D eigenvalue weighted by Gasteiger charge is 2.17. The molecule has 2 aromatic rings. The lowest BCUT2D eigenvalue weighted by Crippen LogP contribution is -2.13. The minimum atomic E-state index is -0.699. The lowest BCUT2D eigenvalue weighted by atomic mass is 10.1. The Labute approximate surface area is 107 Å². The Morgan fingerprint density at radius 2 is 2.22 bits per heavy atom. The molecule has 0 atom stereocenters. The van der Waals surface area contributed by atoms with Crippen LogP contribution in [0.3, 0.4) is 0 Å². The van der Waals surface area contributed by atoms with Crippen LogP contribution in [0.25, 0.3) is 0 Å². The summed E-state index contributed by atoms with van der Waals surface area (Å²) in [5.41, 5.74) is 11.2. The van der Waals surface area contributed by atoms with Crippen molar-refractivity contribution in [2.45, 2.75) is 0 Å². The molecule has 2 rings (SSSR count). The second kappa shape index (κ2) is 4.53. The number of carbonyl (C=O) groups excluding carboxylic acids is 1. The standard InChI is InChI=1S/C10H10ClN5O2/c1-16-4-14-10(15-16)18-8-6(9(13)17)2-5(12)3-7(8)11/h2-4H,12H2,1H3,(H2,13,17). The molecule has 1 aromatic carbocycles. The summed E-state index contributed by atoms with van der Waals surface area (Å²) < 4.78 is 6.79. The molecule has 1 heterocycles. The molecule has 18 heavy (non-hydrogen) atoms. The number of ether oxygens (including phenoxy) is 1. The third-order valence-corrected chi connectivity index (χ3v) is 2.38. The number of anilines is 1. The van der Waals surface area contributed by atoms with E-state index >= 15 is 0 Å². The van der Waals surface area contributed by atoms with Crippen LogP contribution in [0.1, 0.15) is 10.4 Å². The van der Waals surface area contributed by atoms with E-state index in [1.54, 1.807) is 7.05 Å². The fourth-order valence-electron chi connectivity index (χ4n) is 1.36. The van der Waals surface area contributed by atoms with E-state index in [0.717, 1.165) is 0 Å². The molecule has 0 bridgehead atoms. The number of hydrogen-bond acceptors (Lipinski definition) is 5. The first kappa shape index (κ1) is 12.2. The maximum atomic E-state index is 11.3. The number of carbonyl (C=O) groups is 1. The molecule has 8 heteroatoms. The summed E-state index contributed by atoms with van der Waals surface area (Å²) in [7, 11) is 1.68. The molecule has 0 saturated carbocycles. The highest BCUT2D eigenvalue weighted by Crippen LogP contribution is 2.33. The smallest absolute Gasteiger partial charge is 0.341 e. The van der Waals surface area contributed by atoms with Gasteiger partial charge in [-0.1, -0.05) is 11.6 Å². The van der Waals surface area contributed by atoms with Crippen molar-refractivity contribution in [2.75, 3.05) is 5.73 Å².